The fourth-order valence-electron chi connectivity index (χ4n) is 3.38. The SMILES string of the molecule is Cc1nc2ccc3cc(OC4CCB(C#N)CC4)ccc3c2s1. The van der Waals surface area contributed by atoms with Gasteiger partial charge in [-0.2, -0.15) is 0 Å². The van der Waals surface area contributed by atoms with Crippen molar-refractivity contribution in [2.45, 2.75) is 38.5 Å². The van der Waals surface area contributed by atoms with Crippen LogP contribution < -0.4 is 4.74 Å². The maximum atomic E-state index is 8.98. The zero-order valence-corrected chi connectivity index (χ0v) is 13.9. The molecule has 0 saturated carbocycles. The largest absolute Gasteiger partial charge is 0.490 e. The van der Waals surface area contributed by atoms with Crippen LogP contribution in [0.1, 0.15) is 17.8 Å². The third-order valence-electron chi connectivity index (χ3n) is 4.61. The molecule has 0 aliphatic carbocycles. The minimum Gasteiger partial charge on any atom is -0.490 e. The van der Waals surface area contributed by atoms with Crippen molar-refractivity contribution in [3.8, 4) is 11.7 Å². The molecule has 0 unspecified atom stereocenters. The van der Waals surface area contributed by atoms with E-state index >= 15 is 0 Å². The summed E-state index contributed by atoms with van der Waals surface area (Å²) in [6.45, 7) is 2.26. The zero-order valence-electron chi connectivity index (χ0n) is 13.1. The Kier molecular flexibility index (Phi) is 3.70. The number of hydrogen-bond acceptors (Lipinski definition) is 4. The highest BCUT2D eigenvalue weighted by molar-refractivity contribution is 7.19. The Hall–Kier alpha value is -2.06. The van der Waals surface area contributed by atoms with Gasteiger partial charge in [0.2, 0.25) is 0 Å². The van der Waals surface area contributed by atoms with Gasteiger partial charge in [0.25, 0.3) is 6.71 Å². The Morgan fingerprint density at radius 3 is 2.87 bits per heavy atom. The van der Waals surface area contributed by atoms with Crippen LogP contribution in [0.3, 0.4) is 0 Å². The summed E-state index contributed by atoms with van der Waals surface area (Å²) in [4.78, 5) is 4.56. The number of nitrogens with zero attached hydrogens (tertiary/aromatic N) is 2. The summed E-state index contributed by atoms with van der Waals surface area (Å²) < 4.78 is 7.40. The van der Waals surface area contributed by atoms with E-state index in [4.69, 9.17) is 10.00 Å². The Balaban J connectivity index is 1.60. The van der Waals surface area contributed by atoms with E-state index in [0.717, 1.165) is 41.8 Å². The molecule has 23 heavy (non-hydrogen) atoms. The number of aryl methyl sites for hydroxylation is 1. The lowest BCUT2D eigenvalue weighted by molar-refractivity contribution is 0.188. The van der Waals surface area contributed by atoms with Gasteiger partial charge in [0.15, 0.2) is 0 Å². The lowest BCUT2D eigenvalue weighted by Gasteiger charge is -2.24. The van der Waals surface area contributed by atoms with Crippen molar-refractivity contribution in [2.75, 3.05) is 0 Å². The predicted octanol–water partition coefficient (Wildman–Crippen LogP) is 4.86. The molecule has 2 heterocycles. The zero-order chi connectivity index (χ0) is 15.8. The van der Waals surface area contributed by atoms with Crippen molar-refractivity contribution in [3.05, 3.63) is 35.3 Å². The number of thiazole rings is 1. The number of hydrogen-bond donors (Lipinski definition) is 0. The number of aromatic nitrogens is 1. The molecule has 1 fully saturated rings. The molecule has 0 bridgehead atoms. The first kappa shape index (κ1) is 14.5. The highest BCUT2D eigenvalue weighted by Crippen LogP contribution is 2.33. The van der Waals surface area contributed by atoms with Crippen molar-refractivity contribution in [1.29, 1.82) is 5.26 Å². The van der Waals surface area contributed by atoms with E-state index in [-0.39, 0.29) is 12.8 Å². The first-order valence-corrected chi connectivity index (χ1v) is 8.91. The normalized spacial score (nSPS) is 15.9. The lowest BCUT2D eigenvalue weighted by atomic mass is 9.42. The second-order valence-corrected chi connectivity index (χ2v) is 7.45. The predicted molar refractivity (Wildman–Crippen MR) is 96.5 cm³/mol. The van der Waals surface area contributed by atoms with Gasteiger partial charge >= 0.3 is 0 Å². The molecular weight excluding hydrogens is 303 g/mol. The molecule has 3 nitrogen and oxygen atoms in total. The van der Waals surface area contributed by atoms with Crippen LogP contribution in [0.4, 0.5) is 0 Å². The first-order chi connectivity index (χ1) is 11.2. The number of ether oxygens (including phenoxy) is 1. The number of rotatable bonds is 2. The molecule has 1 saturated heterocycles. The van der Waals surface area contributed by atoms with Gasteiger partial charge in [-0.05, 0) is 49.4 Å². The molecule has 5 heteroatoms. The molecule has 2 aromatic carbocycles. The molecule has 0 N–H and O–H groups in total. The van der Waals surface area contributed by atoms with E-state index in [2.05, 4.69) is 41.3 Å². The summed E-state index contributed by atoms with van der Waals surface area (Å²) in [5.74, 6) is 3.30. The van der Waals surface area contributed by atoms with Crippen LogP contribution in [-0.4, -0.2) is 17.8 Å². The summed E-state index contributed by atoms with van der Waals surface area (Å²) in [6.07, 6.45) is 4.10. The standard InChI is InChI=1S/C18H17BN2OS/c1-12-21-17-5-2-13-10-15(3-4-16(13)18(17)23-12)22-14-6-8-19(11-20)9-7-14/h2-5,10,14H,6-9H2,1H3. The van der Waals surface area contributed by atoms with Crippen LogP contribution in [0, 0.1) is 18.2 Å². The van der Waals surface area contributed by atoms with E-state index < -0.39 is 0 Å². The lowest BCUT2D eigenvalue weighted by Crippen LogP contribution is -2.27. The third kappa shape index (κ3) is 2.79. The number of nitriles is 1. The summed E-state index contributed by atoms with van der Waals surface area (Å²) in [7, 11) is 0. The molecule has 0 amide bonds. The van der Waals surface area contributed by atoms with E-state index in [1.165, 1.54) is 15.5 Å². The molecule has 1 aliphatic rings. The van der Waals surface area contributed by atoms with Gasteiger partial charge in [-0.15, -0.1) is 11.3 Å². The van der Waals surface area contributed by atoms with Gasteiger partial charge in [0, 0.05) is 11.4 Å². The maximum absolute atomic E-state index is 8.98. The van der Waals surface area contributed by atoms with Gasteiger partial charge in [-0.25, -0.2) is 10.2 Å². The Morgan fingerprint density at radius 1 is 1.26 bits per heavy atom. The molecule has 114 valence electrons. The van der Waals surface area contributed by atoms with Gasteiger partial charge in [-0.3, -0.25) is 0 Å². The fourth-order valence-corrected chi connectivity index (χ4v) is 4.33. The molecule has 0 radical (unpaired) electrons. The van der Waals surface area contributed by atoms with Crippen molar-refractivity contribution in [2.24, 2.45) is 0 Å². The van der Waals surface area contributed by atoms with Crippen LogP contribution in [0.2, 0.25) is 12.6 Å². The van der Waals surface area contributed by atoms with Gasteiger partial charge in [0.1, 0.15) is 5.75 Å². The first-order valence-electron chi connectivity index (χ1n) is 8.09. The van der Waals surface area contributed by atoms with Crippen molar-refractivity contribution in [1.82, 2.24) is 4.98 Å². The molecule has 4 rings (SSSR count). The highest BCUT2D eigenvalue weighted by atomic mass is 32.1. The van der Waals surface area contributed by atoms with Crippen LogP contribution in [0.15, 0.2) is 30.3 Å². The van der Waals surface area contributed by atoms with Gasteiger partial charge in [-0.1, -0.05) is 18.7 Å². The Morgan fingerprint density at radius 2 is 2.09 bits per heavy atom. The summed E-state index contributed by atoms with van der Waals surface area (Å²) in [6, 6.07) is 10.5. The fraction of sp³-hybridized carbons (Fsp3) is 0.333. The van der Waals surface area contributed by atoms with Crippen molar-refractivity contribution >= 4 is 39.0 Å². The summed E-state index contributed by atoms with van der Waals surface area (Å²) >= 11 is 1.74. The minimum atomic E-state index is 0.217. The molecule has 1 aliphatic heterocycles. The van der Waals surface area contributed by atoms with Gasteiger partial charge in [0.05, 0.1) is 21.3 Å². The average molecular weight is 320 g/mol. The van der Waals surface area contributed by atoms with Crippen LogP contribution >= 0.6 is 11.3 Å². The quantitative estimate of drug-likeness (QED) is 0.634. The third-order valence-corrected chi connectivity index (χ3v) is 5.63. The smallest absolute Gasteiger partial charge is 0.268 e. The number of fused-ring (bicyclic) bond motifs is 3. The molecule has 0 spiro atoms. The highest BCUT2D eigenvalue weighted by Gasteiger charge is 2.25. The Bertz CT molecular complexity index is 906. The van der Waals surface area contributed by atoms with E-state index in [1.54, 1.807) is 11.3 Å². The van der Waals surface area contributed by atoms with Gasteiger partial charge < -0.3 is 4.74 Å². The van der Waals surface area contributed by atoms with Crippen LogP contribution in [0.25, 0.3) is 21.0 Å². The van der Waals surface area contributed by atoms with E-state index in [1.807, 2.05) is 6.92 Å². The monoisotopic (exact) mass is 320 g/mol. The molecule has 1 aromatic heterocycles. The van der Waals surface area contributed by atoms with E-state index in [9.17, 15) is 0 Å². The Labute approximate surface area is 140 Å². The van der Waals surface area contributed by atoms with Crippen LogP contribution in [0.5, 0.6) is 5.75 Å². The maximum Gasteiger partial charge on any atom is 0.268 e. The van der Waals surface area contributed by atoms with Crippen LogP contribution in [-0.2, 0) is 0 Å². The second-order valence-electron chi connectivity index (χ2n) is 6.25. The van der Waals surface area contributed by atoms with E-state index in [0.29, 0.717) is 0 Å². The topological polar surface area (TPSA) is 45.9 Å². The average Bonchev–Trinajstić information content (AvgIpc) is 2.96. The minimum absolute atomic E-state index is 0.217. The van der Waals surface area contributed by atoms with Crippen molar-refractivity contribution in [3.63, 3.8) is 0 Å². The number of benzene rings is 2. The molecule has 3 aromatic rings. The summed E-state index contributed by atoms with van der Waals surface area (Å²) in [5.41, 5.74) is 1.07. The summed E-state index contributed by atoms with van der Waals surface area (Å²) in [5, 5.41) is 12.5. The van der Waals surface area contributed by atoms with Crippen molar-refractivity contribution < 1.29 is 4.74 Å². The molecular formula is C18H17BN2OS. The molecule has 0 atom stereocenters. The second kappa shape index (κ2) is 5.86.